The van der Waals surface area contributed by atoms with Gasteiger partial charge in [0.1, 0.15) is 0 Å². The number of piperidine rings is 1. The minimum Gasteiger partial charge on any atom is -0.333 e. The molecule has 1 heterocycles. The molecule has 0 aromatic heterocycles. The first kappa shape index (κ1) is 16.3. The predicted octanol–water partition coefficient (Wildman–Crippen LogP) is 3.24. The molecular formula is C18H24N2O2. The van der Waals surface area contributed by atoms with Crippen molar-refractivity contribution in [2.75, 3.05) is 11.9 Å². The van der Waals surface area contributed by atoms with Gasteiger partial charge in [-0.3, -0.25) is 9.59 Å². The third kappa shape index (κ3) is 3.21. The Morgan fingerprint density at radius 1 is 1.18 bits per heavy atom. The largest absolute Gasteiger partial charge is 0.333 e. The smallest absolute Gasteiger partial charge is 0.254 e. The van der Waals surface area contributed by atoms with Crippen molar-refractivity contribution in [1.82, 2.24) is 4.90 Å². The fourth-order valence-electron chi connectivity index (χ4n) is 3.06. The van der Waals surface area contributed by atoms with Gasteiger partial charge in [-0.1, -0.05) is 6.58 Å². The Balaban J connectivity index is 2.17. The van der Waals surface area contributed by atoms with E-state index >= 15 is 0 Å². The quantitative estimate of drug-likeness (QED) is 0.804. The van der Waals surface area contributed by atoms with Gasteiger partial charge in [-0.15, -0.1) is 0 Å². The highest BCUT2D eigenvalue weighted by Crippen LogP contribution is 2.25. The van der Waals surface area contributed by atoms with Crippen molar-refractivity contribution >= 4 is 17.5 Å². The Labute approximate surface area is 132 Å². The standard InChI is InChI=1S/C18H24N2O2/c1-5-17(21)19(4)16-11-9-15(10-12-16)18(22)20-13(2)7-6-8-14(20)3/h5,9-14H,1,6-8H2,2-4H3. The summed E-state index contributed by atoms with van der Waals surface area (Å²) >= 11 is 0. The second kappa shape index (κ2) is 6.77. The Morgan fingerprint density at radius 3 is 2.23 bits per heavy atom. The molecule has 1 fully saturated rings. The highest BCUT2D eigenvalue weighted by molar-refractivity contribution is 6.01. The zero-order valence-corrected chi connectivity index (χ0v) is 13.6. The summed E-state index contributed by atoms with van der Waals surface area (Å²) in [7, 11) is 1.69. The molecule has 1 aromatic rings. The first-order valence-corrected chi connectivity index (χ1v) is 7.78. The molecule has 0 N–H and O–H groups in total. The van der Waals surface area contributed by atoms with Gasteiger partial charge >= 0.3 is 0 Å². The maximum atomic E-state index is 12.7. The van der Waals surface area contributed by atoms with E-state index in [0.29, 0.717) is 5.56 Å². The number of nitrogens with zero attached hydrogens (tertiary/aromatic N) is 2. The van der Waals surface area contributed by atoms with E-state index in [9.17, 15) is 9.59 Å². The van der Waals surface area contributed by atoms with Crippen LogP contribution >= 0.6 is 0 Å². The molecule has 118 valence electrons. The Kier molecular flexibility index (Phi) is 5.01. The number of benzene rings is 1. The van der Waals surface area contributed by atoms with E-state index in [2.05, 4.69) is 20.4 Å². The number of likely N-dealkylation sites (N-methyl/N-ethyl adjacent to an activating group) is 1. The van der Waals surface area contributed by atoms with Gasteiger partial charge in [0.15, 0.2) is 0 Å². The molecule has 1 aromatic carbocycles. The van der Waals surface area contributed by atoms with Crippen molar-refractivity contribution in [3.05, 3.63) is 42.5 Å². The molecule has 0 aliphatic carbocycles. The number of amides is 2. The number of rotatable bonds is 3. The van der Waals surface area contributed by atoms with Crippen molar-refractivity contribution in [1.29, 1.82) is 0 Å². The van der Waals surface area contributed by atoms with Crippen LogP contribution in [0.25, 0.3) is 0 Å². The number of carbonyl (C=O) groups is 2. The maximum Gasteiger partial charge on any atom is 0.254 e. The SMILES string of the molecule is C=CC(=O)N(C)c1ccc(C(=O)N2C(C)CCCC2C)cc1. The van der Waals surface area contributed by atoms with Crippen molar-refractivity contribution in [3.8, 4) is 0 Å². The maximum absolute atomic E-state index is 12.7. The zero-order chi connectivity index (χ0) is 16.3. The Hall–Kier alpha value is -2.10. The van der Waals surface area contributed by atoms with Crippen molar-refractivity contribution in [2.24, 2.45) is 0 Å². The second-order valence-electron chi connectivity index (χ2n) is 5.99. The van der Waals surface area contributed by atoms with E-state index in [1.165, 1.54) is 17.4 Å². The fourth-order valence-corrected chi connectivity index (χ4v) is 3.06. The minimum atomic E-state index is -0.169. The second-order valence-corrected chi connectivity index (χ2v) is 5.99. The molecule has 4 nitrogen and oxygen atoms in total. The normalized spacial score (nSPS) is 21.3. The van der Waals surface area contributed by atoms with Crippen molar-refractivity contribution < 1.29 is 9.59 Å². The van der Waals surface area contributed by atoms with Crippen LogP contribution in [0.3, 0.4) is 0 Å². The average molecular weight is 300 g/mol. The van der Waals surface area contributed by atoms with Crippen LogP contribution < -0.4 is 4.90 Å². The van der Waals surface area contributed by atoms with E-state index in [1.54, 1.807) is 31.3 Å². The third-order valence-electron chi connectivity index (χ3n) is 4.43. The molecular weight excluding hydrogens is 276 g/mol. The first-order valence-electron chi connectivity index (χ1n) is 7.78. The number of hydrogen-bond acceptors (Lipinski definition) is 2. The molecule has 1 aliphatic heterocycles. The summed E-state index contributed by atoms with van der Waals surface area (Å²) < 4.78 is 0. The van der Waals surface area contributed by atoms with Crippen LogP contribution in [-0.2, 0) is 4.79 Å². The Morgan fingerprint density at radius 2 is 1.73 bits per heavy atom. The van der Waals surface area contributed by atoms with Crippen LogP contribution in [0.15, 0.2) is 36.9 Å². The predicted molar refractivity (Wildman–Crippen MR) is 89.0 cm³/mol. The van der Waals surface area contributed by atoms with E-state index in [1.807, 2.05) is 4.90 Å². The third-order valence-corrected chi connectivity index (χ3v) is 4.43. The lowest BCUT2D eigenvalue weighted by Gasteiger charge is -2.39. The molecule has 1 aliphatic rings. The number of hydrogen-bond donors (Lipinski definition) is 0. The van der Waals surface area contributed by atoms with Crippen LogP contribution in [0.4, 0.5) is 5.69 Å². The van der Waals surface area contributed by atoms with Gasteiger partial charge < -0.3 is 9.80 Å². The molecule has 0 bridgehead atoms. The Bertz CT molecular complexity index is 555. The average Bonchev–Trinajstić information content (AvgIpc) is 2.53. The number of carbonyl (C=O) groups excluding carboxylic acids is 2. The summed E-state index contributed by atoms with van der Waals surface area (Å²) in [6.45, 7) is 7.70. The lowest BCUT2D eigenvalue weighted by molar-refractivity contribution is -0.113. The van der Waals surface area contributed by atoms with Crippen molar-refractivity contribution in [2.45, 2.75) is 45.2 Å². The minimum absolute atomic E-state index is 0.0731. The molecule has 0 spiro atoms. The molecule has 22 heavy (non-hydrogen) atoms. The summed E-state index contributed by atoms with van der Waals surface area (Å²) in [6, 6.07) is 7.74. The molecule has 0 saturated carbocycles. The number of likely N-dealkylation sites (tertiary alicyclic amines) is 1. The van der Waals surface area contributed by atoms with E-state index in [0.717, 1.165) is 18.5 Å². The number of anilines is 1. The summed E-state index contributed by atoms with van der Waals surface area (Å²) in [4.78, 5) is 27.8. The van der Waals surface area contributed by atoms with E-state index < -0.39 is 0 Å². The van der Waals surface area contributed by atoms with E-state index in [-0.39, 0.29) is 23.9 Å². The van der Waals surface area contributed by atoms with Gasteiger partial charge in [0, 0.05) is 30.4 Å². The summed E-state index contributed by atoms with van der Waals surface area (Å²) in [5.41, 5.74) is 1.42. The molecule has 2 amide bonds. The van der Waals surface area contributed by atoms with Gasteiger partial charge in [-0.05, 0) is 63.5 Å². The molecule has 0 radical (unpaired) electrons. The van der Waals surface area contributed by atoms with E-state index in [4.69, 9.17) is 0 Å². The summed E-state index contributed by atoms with van der Waals surface area (Å²) in [6.07, 6.45) is 4.57. The van der Waals surface area contributed by atoms with Crippen LogP contribution in [-0.4, -0.2) is 35.8 Å². The highest BCUT2D eigenvalue weighted by Gasteiger charge is 2.29. The van der Waals surface area contributed by atoms with Crippen LogP contribution in [0.1, 0.15) is 43.5 Å². The van der Waals surface area contributed by atoms with Crippen LogP contribution in [0, 0.1) is 0 Å². The molecule has 1 saturated heterocycles. The fraction of sp³-hybridized carbons (Fsp3) is 0.444. The van der Waals surface area contributed by atoms with Crippen LogP contribution in [0.2, 0.25) is 0 Å². The lowest BCUT2D eigenvalue weighted by Crippen LogP contribution is -2.47. The summed E-state index contributed by atoms with van der Waals surface area (Å²) in [5, 5.41) is 0. The molecule has 2 rings (SSSR count). The molecule has 2 atom stereocenters. The molecule has 4 heteroatoms. The van der Waals surface area contributed by atoms with Gasteiger partial charge in [0.05, 0.1) is 0 Å². The molecule has 2 unspecified atom stereocenters. The topological polar surface area (TPSA) is 40.6 Å². The lowest BCUT2D eigenvalue weighted by atomic mass is 9.96. The summed E-state index contributed by atoms with van der Waals surface area (Å²) in [5.74, 6) is -0.0960. The first-order chi connectivity index (χ1) is 10.5. The monoisotopic (exact) mass is 300 g/mol. The zero-order valence-electron chi connectivity index (χ0n) is 13.6. The highest BCUT2D eigenvalue weighted by atomic mass is 16.2. The van der Waals surface area contributed by atoms with Gasteiger partial charge in [0.2, 0.25) is 5.91 Å². The van der Waals surface area contributed by atoms with Gasteiger partial charge in [0.25, 0.3) is 5.91 Å². The van der Waals surface area contributed by atoms with Gasteiger partial charge in [-0.25, -0.2) is 0 Å². The van der Waals surface area contributed by atoms with Gasteiger partial charge in [-0.2, -0.15) is 0 Å². The van der Waals surface area contributed by atoms with Crippen molar-refractivity contribution in [3.63, 3.8) is 0 Å². The van der Waals surface area contributed by atoms with Crippen LogP contribution in [0.5, 0.6) is 0 Å².